The number of nitrogens with one attached hydrogen (secondary N) is 1. The molecule has 0 aliphatic carbocycles. The molecule has 0 radical (unpaired) electrons. The maximum absolute atomic E-state index is 12.0. The highest BCUT2D eigenvalue weighted by Crippen LogP contribution is 2.19. The number of anilines is 1. The maximum Gasteiger partial charge on any atom is 0.257 e. The van der Waals surface area contributed by atoms with Crippen LogP contribution in [0.4, 0.5) is 5.69 Å². The predicted octanol–water partition coefficient (Wildman–Crippen LogP) is 3.71. The molecule has 0 bridgehead atoms. The molecule has 1 aromatic carbocycles. The summed E-state index contributed by atoms with van der Waals surface area (Å²) in [6.45, 7) is 3.87. The summed E-state index contributed by atoms with van der Waals surface area (Å²) in [4.78, 5) is 16.1. The fourth-order valence-electron chi connectivity index (χ4n) is 1.61. The molecule has 0 saturated heterocycles. The smallest absolute Gasteiger partial charge is 0.257 e. The summed E-state index contributed by atoms with van der Waals surface area (Å²) in [5.74, 6) is -0.153. The second-order valence-electron chi connectivity index (χ2n) is 4.16. The summed E-state index contributed by atoms with van der Waals surface area (Å²) >= 11 is 3.41. The topological polar surface area (TPSA) is 42.0 Å². The normalized spacial score (nSPS) is 10.2. The van der Waals surface area contributed by atoms with Crippen LogP contribution in [0.1, 0.15) is 21.6 Å². The molecular weight excluding hydrogens is 292 g/mol. The van der Waals surface area contributed by atoms with Crippen LogP contribution in [0.3, 0.4) is 0 Å². The van der Waals surface area contributed by atoms with Gasteiger partial charge in [0.2, 0.25) is 0 Å². The first-order valence-corrected chi connectivity index (χ1v) is 6.35. The fourth-order valence-corrected chi connectivity index (χ4v) is 2.22. The standard InChI is InChI=1S/C14H13BrN2O/c1-9-5-12(15)7-13(6-9)17-14(18)11-4-3-10(2)16-8-11/h3-8H,1-2H3,(H,17,18). The minimum absolute atomic E-state index is 0.153. The van der Waals surface area contributed by atoms with Gasteiger partial charge >= 0.3 is 0 Å². The highest BCUT2D eigenvalue weighted by atomic mass is 79.9. The van der Waals surface area contributed by atoms with Crippen LogP contribution >= 0.6 is 15.9 Å². The molecule has 1 heterocycles. The summed E-state index contributed by atoms with van der Waals surface area (Å²) in [5.41, 5.74) is 3.30. The lowest BCUT2D eigenvalue weighted by Crippen LogP contribution is -2.12. The van der Waals surface area contributed by atoms with Gasteiger partial charge in [-0.15, -0.1) is 0 Å². The van der Waals surface area contributed by atoms with Gasteiger partial charge in [0, 0.05) is 22.1 Å². The van der Waals surface area contributed by atoms with Crippen molar-refractivity contribution in [2.45, 2.75) is 13.8 Å². The second kappa shape index (κ2) is 5.31. The van der Waals surface area contributed by atoms with Crippen LogP contribution in [-0.2, 0) is 0 Å². The van der Waals surface area contributed by atoms with Crippen molar-refractivity contribution < 1.29 is 4.79 Å². The summed E-state index contributed by atoms with van der Waals surface area (Å²) in [7, 11) is 0. The van der Waals surface area contributed by atoms with Gasteiger partial charge in [-0.05, 0) is 49.7 Å². The summed E-state index contributed by atoms with van der Waals surface area (Å²) < 4.78 is 0.944. The van der Waals surface area contributed by atoms with Gasteiger partial charge in [0.1, 0.15) is 0 Å². The van der Waals surface area contributed by atoms with E-state index in [2.05, 4.69) is 26.2 Å². The van der Waals surface area contributed by atoms with Crippen LogP contribution < -0.4 is 5.32 Å². The Morgan fingerprint density at radius 1 is 1.22 bits per heavy atom. The van der Waals surface area contributed by atoms with Crippen molar-refractivity contribution >= 4 is 27.5 Å². The van der Waals surface area contributed by atoms with Gasteiger partial charge in [0.15, 0.2) is 0 Å². The van der Waals surface area contributed by atoms with Crippen molar-refractivity contribution in [1.29, 1.82) is 0 Å². The van der Waals surface area contributed by atoms with E-state index in [4.69, 9.17) is 0 Å². The monoisotopic (exact) mass is 304 g/mol. The zero-order valence-electron chi connectivity index (χ0n) is 10.2. The summed E-state index contributed by atoms with van der Waals surface area (Å²) in [5, 5.41) is 2.85. The number of rotatable bonds is 2. The van der Waals surface area contributed by atoms with Crippen molar-refractivity contribution in [1.82, 2.24) is 4.98 Å². The molecule has 0 aliphatic heterocycles. The quantitative estimate of drug-likeness (QED) is 0.919. The van der Waals surface area contributed by atoms with E-state index in [0.29, 0.717) is 5.56 Å². The van der Waals surface area contributed by atoms with Gasteiger partial charge < -0.3 is 5.32 Å². The number of hydrogen-bond acceptors (Lipinski definition) is 2. The van der Waals surface area contributed by atoms with Crippen LogP contribution in [0.2, 0.25) is 0 Å². The highest BCUT2D eigenvalue weighted by molar-refractivity contribution is 9.10. The van der Waals surface area contributed by atoms with E-state index in [1.54, 1.807) is 12.3 Å². The number of benzene rings is 1. The summed E-state index contributed by atoms with van der Waals surface area (Å²) in [6, 6.07) is 9.36. The molecule has 0 spiro atoms. The van der Waals surface area contributed by atoms with Crippen molar-refractivity contribution in [2.75, 3.05) is 5.32 Å². The molecule has 0 saturated carbocycles. The van der Waals surface area contributed by atoms with Crippen molar-refractivity contribution in [2.24, 2.45) is 0 Å². The van der Waals surface area contributed by atoms with Crippen molar-refractivity contribution in [3.05, 3.63) is 57.8 Å². The number of carbonyl (C=O) groups is 1. The van der Waals surface area contributed by atoms with Gasteiger partial charge in [0.25, 0.3) is 5.91 Å². The third kappa shape index (κ3) is 3.17. The SMILES string of the molecule is Cc1cc(Br)cc(NC(=O)c2ccc(C)nc2)c1. The molecule has 92 valence electrons. The first-order chi connectivity index (χ1) is 8.54. The van der Waals surface area contributed by atoms with E-state index in [1.807, 2.05) is 38.1 Å². The lowest BCUT2D eigenvalue weighted by Gasteiger charge is -2.07. The minimum atomic E-state index is -0.153. The Labute approximate surface area is 114 Å². The minimum Gasteiger partial charge on any atom is -0.322 e. The Balaban J connectivity index is 2.18. The predicted molar refractivity (Wildman–Crippen MR) is 75.8 cm³/mol. The van der Waals surface area contributed by atoms with Crippen LogP contribution in [-0.4, -0.2) is 10.9 Å². The molecule has 1 N–H and O–H groups in total. The number of aromatic nitrogens is 1. The molecule has 0 unspecified atom stereocenters. The first-order valence-electron chi connectivity index (χ1n) is 5.56. The largest absolute Gasteiger partial charge is 0.322 e. The number of hydrogen-bond donors (Lipinski definition) is 1. The lowest BCUT2D eigenvalue weighted by atomic mass is 10.2. The van der Waals surface area contributed by atoms with Gasteiger partial charge in [-0.25, -0.2) is 0 Å². The average molecular weight is 305 g/mol. The number of carbonyl (C=O) groups excluding carboxylic acids is 1. The molecule has 4 heteroatoms. The second-order valence-corrected chi connectivity index (χ2v) is 5.08. The van der Waals surface area contributed by atoms with Crippen LogP contribution in [0.15, 0.2) is 41.0 Å². The third-order valence-corrected chi connectivity index (χ3v) is 2.93. The Morgan fingerprint density at radius 3 is 2.61 bits per heavy atom. The van der Waals surface area contributed by atoms with Gasteiger partial charge in [-0.2, -0.15) is 0 Å². The Morgan fingerprint density at radius 2 is 2.00 bits per heavy atom. The Kier molecular flexibility index (Phi) is 3.77. The molecule has 1 amide bonds. The Hall–Kier alpha value is -1.68. The van der Waals surface area contributed by atoms with Gasteiger partial charge in [0.05, 0.1) is 5.56 Å². The van der Waals surface area contributed by atoms with E-state index in [1.165, 1.54) is 0 Å². The van der Waals surface area contributed by atoms with Gasteiger partial charge in [-0.3, -0.25) is 9.78 Å². The van der Waals surface area contributed by atoms with Gasteiger partial charge in [-0.1, -0.05) is 15.9 Å². The fraction of sp³-hybridized carbons (Fsp3) is 0.143. The highest BCUT2D eigenvalue weighted by Gasteiger charge is 2.06. The van der Waals surface area contributed by atoms with Crippen LogP contribution in [0.5, 0.6) is 0 Å². The zero-order valence-corrected chi connectivity index (χ0v) is 11.8. The molecule has 3 nitrogen and oxygen atoms in total. The molecular formula is C14H13BrN2O. The van der Waals surface area contributed by atoms with E-state index >= 15 is 0 Å². The molecule has 2 rings (SSSR count). The number of nitrogens with zero attached hydrogens (tertiary/aromatic N) is 1. The number of aryl methyl sites for hydroxylation is 2. The van der Waals surface area contributed by atoms with Crippen molar-refractivity contribution in [3.8, 4) is 0 Å². The van der Waals surface area contributed by atoms with Crippen LogP contribution in [0, 0.1) is 13.8 Å². The lowest BCUT2D eigenvalue weighted by molar-refractivity contribution is 0.102. The third-order valence-electron chi connectivity index (χ3n) is 2.47. The first kappa shape index (κ1) is 12.8. The molecule has 2 aromatic rings. The van der Waals surface area contributed by atoms with Crippen molar-refractivity contribution in [3.63, 3.8) is 0 Å². The van der Waals surface area contributed by atoms with E-state index in [9.17, 15) is 4.79 Å². The summed E-state index contributed by atoms with van der Waals surface area (Å²) in [6.07, 6.45) is 1.58. The molecule has 0 atom stereocenters. The maximum atomic E-state index is 12.0. The van der Waals surface area contributed by atoms with E-state index in [0.717, 1.165) is 21.4 Å². The molecule has 1 aromatic heterocycles. The average Bonchev–Trinajstić information content (AvgIpc) is 2.28. The number of pyridine rings is 1. The number of halogens is 1. The van der Waals surface area contributed by atoms with Crippen LogP contribution in [0.25, 0.3) is 0 Å². The van der Waals surface area contributed by atoms with E-state index < -0.39 is 0 Å². The molecule has 18 heavy (non-hydrogen) atoms. The molecule has 0 fully saturated rings. The number of amides is 1. The Bertz CT molecular complexity index is 559. The molecule has 0 aliphatic rings. The van der Waals surface area contributed by atoms with E-state index in [-0.39, 0.29) is 5.91 Å². The zero-order chi connectivity index (χ0) is 13.1.